The Morgan fingerprint density at radius 3 is 1.74 bits per heavy atom. The first kappa shape index (κ1) is 37.2. The van der Waals surface area contributed by atoms with Gasteiger partial charge in [0, 0.05) is 12.5 Å². The predicted octanol–water partition coefficient (Wildman–Crippen LogP) is 9.32. The maximum atomic E-state index is 13.1. The Morgan fingerprint density at radius 2 is 1.14 bits per heavy atom. The van der Waals surface area contributed by atoms with E-state index in [2.05, 4.69) is 37.4 Å². The molecule has 0 unspecified atom stereocenters. The molecule has 0 radical (unpaired) electrons. The van der Waals surface area contributed by atoms with Crippen molar-refractivity contribution >= 4 is 17.9 Å². The van der Waals surface area contributed by atoms with Crippen LogP contribution in [-0.4, -0.2) is 37.7 Å². The number of benzene rings is 4. The van der Waals surface area contributed by atoms with Gasteiger partial charge in [0.2, 0.25) is 0 Å². The van der Waals surface area contributed by atoms with Crippen LogP contribution in [0.5, 0.6) is 17.2 Å². The standard InChI is InChI=1S/C42H44O8/c1-4-31-30-35(19-26-39(31)42(45)50-38-24-22-37(23-25-38)48-28-10-11-29-49-40(43)5-2)34-15-13-32(14-16-34)33-17-20-36(21-18-33)47-27-9-7-8-12-41(44)46-6-3/h5-6,13-26,30H,2-4,7-12,27-29H2,1H3. The van der Waals surface area contributed by atoms with E-state index in [0.717, 1.165) is 71.6 Å². The molecule has 0 aromatic heterocycles. The largest absolute Gasteiger partial charge is 0.494 e. The Labute approximate surface area is 294 Å². The van der Waals surface area contributed by atoms with Crippen molar-refractivity contribution in [3.05, 3.63) is 128 Å². The van der Waals surface area contributed by atoms with E-state index in [9.17, 15) is 14.4 Å². The molecule has 8 heteroatoms. The van der Waals surface area contributed by atoms with Crippen molar-refractivity contribution in [2.75, 3.05) is 19.8 Å². The Kier molecular flexibility index (Phi) is 14.9. The molecule has 4 aromatic carbocycles. The van der Waals surface area contributed by atoms with Crippen LogP contribution in [0.2, 0.25) is 0 Å². The molecule has 0 amide bonds. The summed E-state index contributed by atoms with van der Waals surface area (Å²) in [5.74, 6) is 0.802. The van der Waals surface area contributed by atoms with E-state index in [1.807, 2.05) is 49.4 Å². The Balaban J connectivity index is 1.25. The molecule has 260 valence electrons. The van der Waals surface area contributed by atoms with E-state index in [1.54, 1.807) is 24.3 Å². The molecule has 0 aliphatic heterocycles. The van der Waals surface area contributed by atoms with E-state index in [4.69, 9.17) is 23.7 Å². The molecule has 0 saturated carbocycles. The van der Waals surface area contributed by atoms with Gasteiger partial charge < -0.3 is 23.7 Å². The zero-order valence-corrected chi connectivity index (χ0v) is 28.6. The summed E-state index contributed by atoms with van der Waals surface area (Å²) < 4.78 is 26.9. The third-order valence-corrected chi connectivity index (χ3v) is 7.87. The second kappa shape index (κ2) is 20.0. The van der Waals surface area contributed by atoms with Crippen LogP contribution in [-0.2, 0) is 25.5 Å². The molecule has 0 heterocycles. The Morgan fingerprint density at radius 1 is 0.620 bits per heavy atom. The van der Waals surface area contributed by atoms with Crippen LogP contribution in [0.4, 0.5) is 0 Å². The van der Waals surface area contributed by atoms with Crippen molar-refractivity contribution in [3.8, 4) is 39.5 Å². The minimum atomic E-state index is -0.429. The third kappa shape index (κ3) is 11.8. The van der Waals surface area contributed by atoms with Crippen LogP contribution in [0.15, 0.2) is 116 Å². The maximum Gasteiger partial charge on any atom is 0.343 e. The average molecular weight is 677 g/mol. The molecule has 50 heavy (non-hydrogen) atoms. The highest BCUT2D eigenvalue weighted by Crippen LogP contribution is 2.29. The van der Waals surface area contributed by atoms with Gasteiger partial charge in [-0.1, -0.05) is 68.6 Å². The van der Waals surface area contributed by atoms with E-state index in [0.29, 0.717) is 56.1 Å². The highest BCUT2D eigenvalue weighted by Gasteiger charge is 2.15. The quantitative estimate of drug-likeness (QED) is 0.0300. The molecule has 0 aliphatic carbocycles. The number of carbonyl (C=O) groups excluding carboxylic acids is 3. The van der Waals surface area contributed by atoms with Crippen molar-refractivity contribution in [1.82, 2.24) is 0 Å². The van der Waals surface area contributed by atoms with E-state index in [-0.39, 0.29) is 5.97 Å². The van der Waals surface area contributed by atoms with Crippen molar-refractivity contribution in [2.24, 2.45) is 0 Å². The lowest BCUT2D eigenvalue weighted by atomic mass is 9.96. The van der Waals surface area contributed by atoms with Crippen LogP contribution in [0.1, 0.15) is 61.4 Å². The van der Waals surface area contributed by atoms with Gasteiger partial charge >= 0.3 is 17.9 Å². The molecule has 0 spiro atoms. The van der Waals surface area contributed by atoms with Gasteiger partial charge in [0.15, 0.2) is 0 Å². The Bertz CT molecular complexity index is 1710. The Hall–Kier alpha value is -5.63. The van der Waals surface area contributed by atoms with Crippen LogP contribution in [0.25, 0.3) is 22.3 Å². The molecule has 4 aromatic rings. The van der Waals surface area contributed by atoms with E-state index < -0.39 is 11.9 Å². The van der Waals surface area contributed by atoms with Gasteiger partial charge in [0.25, 0.3) is 0 Å². The molecule has 0 N–H and O–H groups in total. The number of carbonyl (C=O) groups is 3. The lowest BCUT2D eigenvalue weighted by molar-refractivity contribution is -0.138. The van der Waals surface area contributed by atoms with Gasteiger partial charge in [-0.2, -0.15) is 0 Å². The summed E-state index contributed by atoms with van der Waals surface area (Å²) in [4.78, 5) is 35.5. The lowest BCUT2D eigenvalue weighted by Crippen LogP contribution is -2.11. The summed E-state index contributed by atoms with van der Waals surface area (Å²) in [6, 6.07) is 29.1. The lowest BCUT2D eigenvalue weighted by Gasteiger charge is -2.12. The van der Waals surface area contributed by atoms with E-state index in [1.165, 1.54) is 0 Å². The van der Waals surface area contributed by atoms with Crippen LogP contribution in [0.3, 0.4) is 0 Å². The number of unbranched alkanes of at least 4 members (excludes halogenated alkanes) is 3. The number of hydrogen-bond donors (Lipinski definition) is 0. The molecular weight excluding hydrogens is 632 g/mol. The van der Waals surface area contributed by atoms with E-state index >= 15 is 0 Å². The van der Waals surface area contributed by atoms with Gasteiger partial charge in [0.1, 0.15) is 17.2 Å². The molecule has 0 saturated heterocycles. The van der Waals surface area contributed by atoms with Gasteiger partial charge in [-0.15, -0.1) is 0 Å². The third-order valence-electron chi connectivity index (χ3n) is 7.87. The molecule has 8 nitrogen and oxygen atoms in total. The monoisotopic (exact) mass is 676 g/mol. The zero-order chi connectivity index (χ0) is 35.6. The minimum absolute atomic E-state index is 0.256. The molecular formula is C42H44O8. The zero-order valence-electron chi connectivity index (χ0n) is 28.6. The van der Waals surface area contributed by atoms with Gasteiger partial charge in [-0.25, -0.2) is 9.59 Å². The summed E-state index contributed by atoms with van der Waals surface area (Å²) in [6.45, 7) is 10.2. The topological polar surface area (TPSA) is 97.4 Å². The first-order chi connectivity index (χ1) is 24.4. The number of aryl methyl sites for hydroxylation is 1. The van der Waals surface area contributed by atoms with Gasteiger partial charge in [0.05, 0.1) is 31.6 Å². The average Bonchev–Trinajstić information content (AvgIpc) is 3.15. The van der Waals surface area contributed by atoms with Gasteiger partial charge in [-0.05, 0) is 109 Å². The number of ether oxygens (including phenoxy) is 5. The fourth-order valence-corrected chi connectivity index (χ4v) is 5.15. The molecule has 0 atom stereocenters. The summed E-state index contributed by atoms with van der Waals surface area (Å²) in [5.41, 5.74) is 5.67. The molecule has 0 aliphatic rings. The fraction of sp³-hybridized carbons (Fsp3) is 0.262. The van der Waals surface area contributed by atoms with Crippen LogP contribution in [0, 0.1) is 0 Å². The summed E-state index contributed by atoms with van der Waals surface area (Å²) in [7, 11) is 0. The van der Waals surface area contributed by atoms with Crippen molar-refractivity contribution in [2.45, 2.75) is 51.9 Å². The van der Waals surface area contributed by atoms with Gasteiger partial charge in [-0.3, -0.25) is 4.79 Å². The second-order valence-corrected chi connectivity index (χ2v) is 11.4. The van der Waals surface area contributed by atoms with Crippen molar-refractivity contribution in [3.63, 3.8) is 0 Å². The number of esters is 3. The smallest absolute Gasteiger partial charge is 0.343 e. The second-order valence-electron chi connectivity index (χ2n) is 11.4. The summed E-state index contributed by atoms with van der Waals surface area (Å²) in [5, 5.41) is 0. The summed E-state index contributed by atoms with van der Waals surface area (Å²) in [6.07, 6.45) is 7.29. The predicted molar refractivity (Wildman–Crippen MR) is 194 cm³/mol. The number of hydrogen-bond acceptors (Lipinski definition) is 8. The highest BCUT2D eigenvalue weighted by atomic mass is 16.5. The van der Waals surface area contributed by atoms with Crippen LogP contribution >= 0.6 is 0 Å². The highest BCUT2D eigenvalue weighted by molar-refractivity contribution is 5.93. The SMILES string of the molecule is C=COC(=O)CCCCCOc1ccc(-c2ccc(-c3ccc(C(=O)Oc4ccc(OCCCCOC(=O)C=C)cc4)c(CC)c3)cc2)cc1. The molecule has 0 bridgehead atoms. The van der Waals surface area contributed by atoms with Crippen LogP contribution < -0.4 is 14.2 Å². The van der Waals surface area contributed by atoms with Crippen molar-refractivity contribution in [1.29, 1.82) is 0 Å². The number of rotatable bonds is 20. The normalized spacial score (nSPS) is 10.5. The molecule has 4 rings (SSSR count). The minimum Gasteiger partial charge on any atom is -0.494 e. The van der Waals surface area contributed by atoms with Crippen molar-refractivity contribution < 1.29 is 38.1 Å². The maximum absolute atomic E-state index is 13.1. The fourth-order valence-electron chi connectivity index (χ4n) is 5.15. The molecule has 0 fully saturated rings. The first-order valence-electron chi connectivity index (χ1n) is 16.9. The summed E-state index contributed by atoms with van der Waals surface area (Å²) >= 11 is 0. The first-order valence-corrected chi connectivity index (χ1v) is 16.9.